The number of amides is 2. The third-order valence-electron chi connectivity index (χ3n) is 2.88. The molecular formula is C11H17NO4. The Bertz CT molecular complexity index is 295. The minimum atomic E-state index is -0.957. The van der Waals surface area contributed by atoms with E-state index in [1.807, 2.05) is 0 Å². The van der Waals surface area contributed by atoms with Crippen LogP contribution < -0.4 is 0 Å². The van der Waals surface area contributed by atoms with Gasteiger partial charge in [-0.3, -0.25) is 19.3 Å². The third-order valence-corrected chi connectivity index (χ3v) is 2.88. The fourth-order valence-electron chi connectivity index (χ4n) is 1.77. The maximum Gasteiger partial charge on any atom is 0.308 e. The maximum atomic E-state index is 11.5. The lowest BCUT2D eigenvalue weighted by atomic mass is 9.94. The Morgan fingerprint density at radius 1 is 1.31 bits per heavy atom. The zero-order chi connectivity index (χ0) is 12.3. The molecule has 0 aliphatic carbocycles. The van der Waals surface area contributed by atoms with E-state index in [2.05, 4.69) is 0 Å². The third kappa shape index (κ3) is 2.81. The number of piperidine rings is 1. The number of carbonyl (C=O) groups excluding carboxylic acids is 2. The number of carboxylic acids is 1. The van der Waals surface area contributed by atoms with Gasteiger partial charge in [0.1, 0.15) is 0 Å². The van der Waals surface area contributed by atoms with Crippen molar-refractivity contribution < 1.29 is 19.5 Å². The number of imide groups is 1. The standard InChI is InChI=1S/C11H17NO4/c1-7(2)8(11(15)16)6-12-9(13)4-3-5-10(12)14/h7-8H,3-6H2,1-2H3,(H,15,16). The lowest BCUT2D eigenvalue weighted by molar-refractivity contribution is -0.152. The number of hydrogen-bond donors (Lipinski definition) is 1. The van der Waals surface area contributed by atoms with E-state index in [4.69, 9.17) is 5.11 Å². The second-order valence-electron chi connectivity index (χ2n) is 4.44. The first kappa shape index (κ1) is 12.7. The van der Waals surface area contributed by atoms with Gasteiger partial charge in [-0.25, -0.2) is 0 Å². The Morgan fingerprint density at radius 3 is 2.19 bits per heavy atom. The van der Waals surface area contributed by atoms with E-state index < -0.39 is 11.9 Å². The minimum Gasteiger partial charge on any atom is -0.481 e. The SMILES string of the molecule is CC(C)C(CN1C(=O)CCCC1=O)C(=O)O. The molecule has 5 heteroatoms. The molecule has 1 fully saturated rings. The molecule has 0 aromatic heterocycles. The topological polar surface area (TPSA) is 74.7 Å². The number of aliphatic carboxylic acids is 1. The fourth-order valence-corrected chi connectivity index (χ4v) is 1.77. The van der Waals surface area contributed by atoms with E-state index in [0.29, 0.717) is 19.3 Å². The van der Waals surface area contributed by atoms with Crippen molar-refractivity contribution in [1.29, 1.82) is 0 Å². The summed E-state index contributed by atoms with van der Waals surface area (Å²) in [7, 11) is 0. The second-order valence-corrected chi connectivity index (χ2v) is 4.44. The van der Waals surface area contributed by atoms with Crippen LogP contribution in [0.3, 0.4) is 0 Å². The molecule has 0 spiro atoms. The molecule has 1 heterocycles. The van der Waals surface area contributed by atoms with Gasteiger partial charge in [0.15, 0.2) is 0 Å². The lowest BCUT2D eigenvalue weighted by Crippen LogP contribution is -2.45. The van der Waals surface area contributed by atoms with Crippen LogP contribution in [0.2, 0.25) is 0 Å². The maximum absolute atomic E-state index is 11.5. The molecule has 1 unspecified atom stereocenters. The molecule has 2 amide bonds. The number of rotatable bonds is 4. The number of likely N-dealkylation sites (tertiary alicyclic amines) is 1. The van der Waals surface area contributed by atoms with Gasteiger partial charge in [0, 0.05) is 19.4 Å². The zero-order valence-corrected chi connectivity index (χ0v) is 9.60. The highest BCUT2D eigenvalue weighted by molar-refractivity contribution is 5.97. The fraction of sp³-hybridized carbons (Fsp3) is 0.727. The van der Waals surface area contributed by atoms with Crippen LogP contribution in [0.25, 0.3) is 0 Å². The highest BCUT2D eigenvalue weighted by Gasteiger charge is 2.32. The molecule has 0 bridgehead atoms. The smallest absolute Gasteiger partial charge is 0.308 e. The van der Waals surface area contributed by atoms with E-state index >= 15 is 0 Å². The number of carbonyl (C=O) groups is 3. The van der Waals surface area contributed by atoms with Gasteiger partial charge in [0.25, 0.3) is 0 Å². The summed E-state index contributed by atoms with van der Waals surface area (Å²) in [6, 6.07) is 0. The van der Waals surface area contributed by atoms with Crippen LogP contribution in [0.15, 0.2) is 0 Å². The van der Waals surface area contributed by atoms with Crippen molar-refractivity contribution in [1.82, 2.24) is 4.90 Å². The van der Waals surface area contributed by atoms with Crippen molar-refractivity contribution >= 4 is 17.8 Å². The molecule has 0 saturated carbocycles. The predicted molar refractivity (Wildman–Crippen MR) is 56.5 cm³/mol. The molecule has 1 aliphatic heterocycles. The van der Waals surface area contributed by atoms with Gasteiger partial charge in [-0.2, -0.15) is 0 Å². The van der Waals surface area contributed by atoms with E-state index in [-0.39, 0.29) is 24.3 Å². The van der Waals surface area contributed by atoms with Gasteiger partial charge >= 0.3 is 5.97 Å². The van der Waals surface area contributed by atoms with Gasteiger partial charge in [0.2, 0.25) is 11.8 Å². The Morgan fingerprint density at radius 2 is 1.81 bits per heavy atom. The largest absolute Gasteiger partial charge is 0.481 e. The molecule has 5 nitrogen and oxygen atoms in total. The Labute approximate surface area is 94.4 Å². The minimum absolute atomic E-state index is 0.00463. The lowest BCUT2D eigenvalue weighted by Gasteiger charge is -2.28. The molecule has 1 saturated heterocycles. The summed E-state index contributed by atoms with van der Waals surface area (Å²) in [6.07, 6.45) is 1.26. The molecule has 0 radical (unpaired) electrons. The summed E-state index contributed by atoms with van der Waals surface area (Å²) in [6.45, 7) is 3.56. The van der Waals surface area contributed by atoms with Crippen LogP contribution in [0, 0.1) is 11.8 Å². The summed E-state index contributed by atoms with van der Waals surface area (Å²) < 4.78 is 0. The molecule has 90 valence electrons. The van der Waals surface area contributed by atoms with Crippen molar-refractivity contribution in [3.8, 4) is 0 Å². The van der Waals surface area contributed by atoms with Gasteiger partial charge in [-0.05, 0) is 12.3 Å². The predicted octanol–water partition coefficient (Wildman–Crippen LogP) is 0.882. The van der Waals surface area contributed by atoms with E-state index in [0.717, 1.165) is 4.90 Å². The van der Waals surface area contributed by atoms with Crippen LogP contribution in [0.4, 0.5) is 0 Å². The van der Waals surface area contributed by atoms with Gasteiger partial charge in [-0.1, -0.05) is 13.8 Å². The second kappa shape index (κ2) is 5.09. The average molecular weight is 227 g/mol. The summed E-state index contributed by atoms with van der Waals surface area (Å²) in [4.78, 5) is 35.1. The molecule has 0 aromatic carbocycles. The van der Waals surface area contributed by atoms with Crippen LogP contribution in [0.5, 0.6) is 0 Å². The zero-order valence-electron chi connectivity index (χ0n) is 9.60. The van der Waals surface area contributed by atoms with Gasteiger partial charge in [-0.15, -0.1) is 0 Å². The first-order chi connectivity index (χ1) is 7.43. The van der Waals surface area contributed by atoms with Crippen LogP contribution in [0.1, 0.15) is 33.1 Å². The quantitative estimate of drug-likeness (QED) is 0.723. The normalized spacial score (nSPS) is 19.1. The van der Waals surface area contributed by atoms with Crippen LogP contribution >= 0.6 is 0 Å². The van der Waals surface area contributed by atoms with Crippen molar-refractivity contribution in [2.75, 3.05) is 6.54 Å². The summed E-state index contributed by atoms with van der Waals surface area (Å²) >= 11 is 0. The van der Waals surface area contributed by atoms with E-state index in [9.17, 15) is 14.4 Å². The van der Waals surface area contributed by atoms with Crippen molar-refractivity contribution in [2.45, 2.75) is 33.1 Å². The summed E-state index contributed by atoms with van der Waals surface area (Å²) in [5.74, 6) is -2.22. The van der Waals surface area contributed by atoms with Gasteiger partial charge < -0.3 is 5.11 Å². The highest BCUT2D eigenvalue weighted by Crippen LogP contribution is 2.18. The molecule has 1 rings (SSSR count). The number of nitrogens with zero attached hydrogens (tertiary/aromatic N) is 1. The van der Waals surface area contributed by atoms with Crippen molar-refractivity contribution in [2.24, 2.45) is 11.8 Å². The Balaban J connectivity index is 2.72. The average Bonchev–Trinajstić information content (AvgIpc) is 2.15. The summed E-state index contributed by atoms with van der Waals surface area (Å²) in [5, 5.41) is 9.00. The molecule has 1 aliphatic rings. The molecule has 0 aromatic rings. The first-order valence-corrected chi connectivity index (χ1v) is 5.49. The molecule has 16 heavy (non-hydrogen) atoms. The highest BCUT2D eigenvalue weighted by atomic mass is 16.4. The van der Waals surface area contributed by atoms with Crippen LogP contribution in [-0.4, -0.2) is 34.3 Å². The van der Waals surface area contributed by atoms with Crippen molar-refractivity contribution in [3.63, 3.8) is 0 Å². The molecule has 1 N–H and O–H groups in total. The Hall–Kier alpha value is -1.39. The summed E-state index contributed by atoms with van der Waals surface area (Å²) in [5.41, 5.74) is 0. The van der Waals surface area contributed by atoms with E-state index in [1.165, 1.54) is 0 Å². The molecular weight excluding hydrogens is 210 g/mol. The van der Waals surface area contributed by atoms with Gasteiger partial charge in [0.05, 0.1) is 5.92 Å². The monoisotopic (exact) mass is 227 g/mol. The van der Waals surface area contributed by atoms with E-state index in [1.54, 1.807) is 13.8 Å². The first-order valence-electron chi connectivity index (χ1n) is 5.49. The van der Waals surface area contributed by atoms with Crippen LogP contribution in [-0.2, 0) is 14.4 Å². The molecule has 1 atom stereocenters. The number of carboxylic acid groups (broad SMARTS) is 1. The number of hydrogen-bond acceptors (Lipinski definition) is 3. The van der Waals surface area contributed by atoms with Crippen molar-refractivity contribution in [3.05, 3.63) is 0 Å². The Kier molecular flexibility index (Phi) is 4.04.